The minimum absolute atomic E-state index is 0.169. The van der Waals surface area contributed by atoms with Gasteiger partial charge < -0.3 is 0 Å². The standard InChI is InChI=1S/C25H16BrClN2OS/c1-15-5-4-6-18(13-15)29-24(23-22(27)19-7-2-3-8-21(19)31-23)28-20(25(29)30)14-16-9-11-17(26)12-10-16/h2-14H,1H3/b20-14+. The van der Waals surface area contributed by atoms with E-state index in [4.69, 9.17) is 16.6 Å². The first kappa shape index (κ1) is 20.2. The number of hydrogen-bond donors (Lipinski definition) is 0. The Morgan fingerprint density at radius 2 is 1.81 bits per heavy atom. The summed E-state index contributed by atoms with van der Waals surface area (Å²) in [6.07, 6.45) is 1.81. The van der Waals surface area contributed by atoms with E-state index in [1.807, 2.05) is 85.8 Å². The molecule has 1 aromatic heterocycles. The predicted molar refractivity (Wildman–Crippen MR) is 134 cm³/mol. The van der Waals surface area contributed by atoms with Gasteiger partial charge in [0.15, 0.2) is 5.84 Å². The van der Waals surface area contributed by atoms with E-state index in [2.05, 4.69) is 15.9 Å². The van der Waals surface area contributed by atoms with Crippen molar-refractivity contribution in [3.05, 3.63) is 104 Å². The topological polar surface area (TPSA) is 32.7 Å². The van der Waals surface area contributed by atoms with Crippen LogP contribution in [0.1, 0.15) is 16.0 Å². The van der Waals surface area contributed by atoms with Crippen molar-refractivity contribution < 1.29 is 4.79 Å². The minimum atomic E-state index is -0.169. The van der Waals surface area contributed by atoms with Gasteiger partial charge in [-0.2, -0.15) is 0 Å². The van der Waals surface area contributed by atoms with Gasteiger partial charge in [-0.1, -0.05) is 70.0 Å². The second-order valence-corrected chi connectivity index (χ2v) is 9.58. The van der Waals surface area contributed by atoms with Crippen LogP contribution in [0.25, 0.3) is 16.2 Å². The Morgan fingerprint density at radius 3 is 2.55 bits per heavy atom. The van der Waals surface area contributed by atoms with Gasteiger partial charge in [0.05, 0.1) is 15.6 Å². The van der Waals surface area contributed by atoms with Gasteiger partial charge in [-0.3, -0.25) is 9.69 Å². The molecule has 1 aliphatic rings. The lowest BCUT2D eigenvalue weighted by Crippen LogP contribution is -2.32. The largest absolute Gasteiger partial charge is 0.282 e. The normalized spacial score (nSPS) is 15.2. The SMILES string of the molecule is Cc1cccc(N2C(=O)/C(=C\c3ccc(Br)cc3)N=C2c2sc3ccccc3c2Cl)c1. The fraction of sp³-hybridized carbons (Fsp3) is 0.0400. The molecule has 3 aromatic carbocycles. The van der Waals surface area contributed by atoms with E-state index in [0.717, 1.165) is 36.3 Å². The van der Waals surface area contributed by atoms with Gasteiger partial charge in [-0.15, -0.1) is 11.3 Å². The summed E-state index contributed by atoms with van der Waals surface area (Å²) in [4.78, 5) is 20.7. The lowest BCUT2D eigenvalue weighted by molar-refractivity contribution is -0.113. The number of halogens is 2. The van der Waals surface area contributed by atoms with Gasteiger partial charge in [-0.05, 0) is 54.5 Å². The number of hydrogen-bond acceptors (Lipinski definition) is 3. The average Bonchev–Trinajstić information content (AvgIpc) is 3.27. The Hall–Kier alpha value is -2.73. The maximum Gasteiger partial charge on any atom is 0.282 e. The van der Waals surface area contributed by atoms with Crippen molar-refractivity contribution in [2.45, 2.75) is 6.92 Å². The third kappa shape index (κ3) is 3.74. The Bertz CT molecular complexity index is 1390. The molecule has 0 saturated carbocycles. The van der Waals surface area contributed by atoms with Crippen molar-refractivity contribution in [3.8, 4) is 0 Å². The molecule has 0 atom stereocenters. The number of rotatable bonds is 3. The predicted octanol–water partition coefficient (Wildman–Crippen LogP) is 7.46. The number of anilines is 1. The Morgan fingerprint density at radius 1 is 1.03 bits per heavy atom. The molecule has 6 heteroatoms. The zero-order chi connectivity index (χ0) is 21.5. The molecule has 0 radical (unpaired) electrons. The van der Waals surface area contributed by atoms with Gasteiger partial charge in [0.2, 0.25) is 0 Å². The highest BCUT2D eigenvalue weighted by atomic mass is 79.9. The molecule has 0 unspecified atom stereocenters. The number of amidine groups is 1. The van der Waals surface area contributed by atoms with Gasteiger partial charge in [-0.25, -0.2) is 4.99 Å². The molecule has 5 rings (SSSR count). The smallest absolute Gasteiger partial charge is 0.266 e. The van der Waals surface area contributed by atoms with Crippen LogP contribution in [0.4, 0.5) is 5.69 Å². The fourth-order valence-electron chi connectivity index (χ4n) is 3.55. The van der Waals surface area contributed by atoms with Crippen LogP contribution >= 0.6 is 38.9 Å². The van der Waals surface area contributed by atoms with Crippen molar-refractivity contribution in [2.24, 2.45) is 4.99 Å². The second-order valence-electron chi connectivity index (χ2n) is 7.24. The highest BCUT2D eigenvalue weighted by Gasteiger charge is 2.35. The van der Waals surface area contributed by atoms with Gasteiger partial charge in [0, 0.05) is 14.6 Å². The molecule has 2 heterocycles. The summed E-state index contributed by atoms with van der Waals surface area (Å²) < 4.78 is 2.04. The number of fused-ring (bicyclic) bond motifs is 1. The lowest BCUT2D eigenvalue weighted by atomic mass is 10.1. The lowest BCUT2D eigenvalue weighted by Gasteiger charge is -2.18. The monoisotopic (exact) mass is 506 g/mol. The molecule has 0 aliphatic carbocycles. The van der Waals surface area contributed by atoms with E-state index < -0.39 is 0 Å². The third-order valence-electron chi connectivity index (χ3n) is 5.03. The van der Waals surface area contributed by atoms with Crippen molar-refractivity contribution in [2.75, 3.05) is 4.90 Å². The fourth-order valence-corrected chi connectivity index (χ4v) is 5.31. The molecule has 3 nitrogen and oxygen atoms in total. The number of nitrogens with zero attached hydrogens (tertiary/aromatic N) is 2. The molecule has 0 fully saturated rings. The first-order valence-electron chi connectivity index (χ1n) is 9.66. The first-order valence-corrected chi connectivity index (χ1v) is 11.6. The number of aliphatic imine (C=N–C) groups is 1. The van der Waals surface area contributed by atoms with Crippen LogP contribution in [0, 0.1) is 6.92 Å². The molecular formula is C25H16BrClN2OS. The highest BCUT2D eigenvalue weighted by Crippen LogP contribution is 2.39. The molecule has 0 saturated heterocycles. The molecule has 4 aromatic rings. The van der Waals surface area contributed by atoms with Crippen LogP contribution in [0.15, 0.2) is 88.0 Å². The maximum absolute atomic E-state index is 13.5. The summed E-state index contributed by atoms with van der Waals surface area (Å²) in [7, 11) is 0. The van der Waals surface area contributed by atoms with Crippen LogP contribution in [0.3, 0.4) is 0 Å². The Labute approximate surface area is 197 Å². The summed E-state index contributed by atoms with van der Waals surface area (Å²) in [5, 5.41) is 1.59. The van der Waals surface area contributed by atoms with Crippen LogP contribution < -0.4 is 4.90 Å². The Kier molecular flexibility index (Phi) is 5.26. The molecule has 152 valence electrons. The van der Waals surface area contributed by atoms with Crippen molar-refractivity contribution in [1.82, 2.24) is 0 Å². The minimum Gasteiger partial charge on any atom is -0.266 e. The second kappa shape index (κ2) is 8.08. The van der Waals surface area contributed by atoms with Crippen LogP contribution in [-0.2, 0) is 4.79 Å². The van der Waals surface area contributed by atoms with E-state index in [-0.39, 0.29) is 5.91 Å². The zero-order valence-electron chi connectivity index (χ0n) is 16.5. The highest BCUT2D eigenvalue weighted by molar-refractivity contribution is 9.10. The van der Waals surface area contributed by atoms with E-state index in [0.29, 0.717) is 16.6 Å². The van der Waals surface area contributed by atoms with E-state index in [1.54, 1.807) is 16.2 Å². The van der Waals surface area contributed by atoms with Crippen LogP contribution in [0.2, 0.25) is 5.02 Å². The summed E-state index contributed by atoms with van der Waals surface area (Å²) in [6, 6.07) is 23.6. The summed E-state index contributed by atoms with van der Waals surface area (Å²) in [5.41, 5.74) is 3.13. The van der Waals surface area contributed by atoms with Crippen LogP contribution in [-0.4, -0.2) is 11.7 Å². The first-order chi connectivity index (χ1) is 15.0. The van der Waals surface area contributed by atoms with Gasteiger partial charge >= 0.3 is 0 Å². The Balaban J connectivity index is 1.69. The quantitative estimate of drug-likeness (QED) is 0.265. The van der Waals surface area contributed by atoms with Crippen molar-refractivity contribution >= 4 is 72.5 Å². The number of carbonyl (C=O) groups is 1. The number of aryl methyl sites for hydroxylation is 1. The molecule has 0 N–H and O–H groups in total. The number of benzene rings is 3. The van der Waals surface area contributed by atoms with Crippen molar-refractivity contribution in [1.29, 1.82) is 0 Å². The molecule has 1 amide bonds. The van der Waals surface area contributed by atoms with Gasteiger partial charge in [0.25, 0.3) is 5.91 Å². The molecular weight excluding hydrogens is 492 g/mol. The van der Waals surface area contributed by atoms with E-state index in [9.17, 15) is 4.79 Å². The van der Waals surface area contributed by atoms with E-state index >= 15 is 0 Å². The van der Waals surface area contributed by atoms with Gasteiger partial charge in [0.1, 0.15) is 5.70 Å². The average molecular weight is 508 g/mol. The summed E-state index contributed by atoms with van der Waals surface area (Å²) >= 11 is 11.8. The number of carbonyl (C=O) groups excluding carboxylic acids is 1. The maximum atomic E-state index is 13.5. The number of amides is 1. The van der Waals surface area contributed by atoms with Crippen molar-refractivity contribution in [3.63, 3.8) is 0 Å². The van der Waals surface area contributed by atoms with E-state index in [1.165, 1.54) is 0 Å². The molecule has 1 aliphatic heterocycles. The molecule has 31 heavy (non-hydrogen) atoms. The zero-order valence-corrected chi connectivity index (χ0v) is 19.6. The third-order valence-corrected chi connectivity index (χ3v) is 7.23. The number of thiophene rings is 1. The summed E-state index contributed by atoms with van der Waals surface area (Å²) in [6.45, 7) is 2.01. The molecule has 0 spiro atoms. The van der Waals surface area contributed by atoms with Crippen LogP contribution in [0.5, 0.6) is 0 Å². The summed E-state index contributed by atoms with van der Waals surface area (Å²) in [5.74, 6) is 0.391. The molecule has 0 bridgehead atoms.